The highest BCUT2D eigenvalue weighted by Crippen LogP contribution is 2.13. The molecule has 100 valence electrons. The van der Waals surface area contributed by atoms with Crippen LogP contribution in [0, 0.1) is 13.8 Å². The van der Waals surface area contributed by atoms with Gasteiger partial charge in [-0.3, -0.25) is 4.79 Å². The lowest BCUT2D eigenvalue weighted by atomic mass is 10.2. The summed E-state index contributed by atoms with van der Waals surface area (Å²) in [7, 11) is 0. The maximum atomic E-state index is 11.9. The smallest absolute Gasteiger partial charge is 0.253 e. The molecule has 0 amide bonds. The molecule has 0 saturated heterocycles. The fraction of sp³-hybridized carbons (Fsp3) is 0.267. The molecule has 4 heteroatoms. The Labute approximate surface area is 121 Å². The van der Waals surface area contributed by atoms with Gasteiger partial charge in [0.1, 0.15) is 0 Å². The second-order valence-electron chi connectivity index (χ2n) is 4.58. The molecule has 3 nitrogen and oxygen atoms in total. The van der Waals surface area contributed by atoms with Crippen molar-refractivity contribution in [1.29, 1.82) is 0 Å². The summed E-state index contributed by atoms with van der Waals surface area (Å²) in [5.74, 6) is 0. The lowest BCUT2D eigenvalue weighted by Gasteiger charge is -2.11. The predicted molar refractivity (Wildman–Crippen MR) is 82.8 cm³/mol. The van der Waals surface area contributed by atoms with Crippen LogP contribution in [0.3, 0.4) is 0 Å². The van der Waals surface area contributed by atoms with E-state index in [1.54, 1.807) is 4.57 Å². The number of aromatic nitrogens is 1. The zero-order valence-corrected chi connectivity index (χ0v) is 12.7. The quantitative estimate of drug-likeness (QED) is 0.937. The van der Waals surface area contributed by atoms with Crippen molar-refractivity contribution in [2.45, 2.75) is 20.4 Å². The van der Waals surface area contributed by atoms with Crippen molar-refractivity contribution in [3.8, 4) is 0 Å². The third kappa shape index (κ3) is 3.47. The van der Waals surface area contributed by atoms with Crippen molar-refractivity contribution >= 4 is 21.6 Å². The monoisotopic (exact) mass is 320 g/mol. The molecule has 1 aromatic carbocycles. The molecule has 19 heavy (non-hydrogen) atoms. The van der Waals surface area contributed by atoms with Gasteiger partial charge in [0.05, 0.1) is 0 Å². The molecule has 0 radical (unpaired) electrons. The molecule has 1 aromatic heterocycles. The molecule has 0 fully saturated rings. The van der Waals surface area contributed by atoms with Gasteiger partial charge >= 0.3 is 0 Å². The Bertz CT molecular complexity index is 634. The first kappa shape index (κ1) is 13.9. The van der Waals surface area contributed by atoms with Crippen LogP contribution < -0.4 is 10.9 Å². The fourth-order valence-corrected chi connectivity index (χ4v) is 2.58. The minimum absolute atomic E-state index is 0.0646. The van der Waals surface area contributed by atoms with E-state index < -0.39 is 0 Å². The highest BCUT2D eigenvalue weighted by atomic mass is 79.9. The molecule has 2 rings (SSSR count). The molecule has 1 N–H and O–H groups in total. The van der Waals surface area contributed by atoms with Gasteiger partial charge < -0.3 is 9.88 Å². The first-order valence-corrected chi connectivity index (χ1v) is 7.03. The second kappa shape index (κ2) is 6.06. The number of nitrogens with zero attached hydrogens (tertiary/aromatic N) is 1. The number of aryl methyl sites for hydroxylation is 2. The van der Waals surface area contributed by atoms with E-state index in [1.807, 2.05) is 37.4 Å². The molecule has 2 aromatic rings. The standard InChI is InChI=1S/C15H17BrN2O/c1-11-5-3-4-6-14(11)17-7-8-18-10-13(16)9-12(2)15(18)19/h3-6,9-10,17H,7-8H2,1-2H3. The average molecular weight is 321 g/mol. The highest BCUT2D eigenvalue weighted by Gasteiger charge is 2.02. The summed E-state index contributed by atoms with van der Waals surface area (Å²) in [6, 6.07) is 9.98. The van der Waals surface area contributed by atoms with Crippen LogP contribution in [0.15, 0.2) is 45.8 Å². The molecule has 0 aliphatic heterocycles. The van der Waals surface area contributed by atoms with Gasteiger partial charge in [-0.1, -0.05) is 18.2 Å². The molecule has 1 heterocycles. The number of anilines is 1. The number of halogens is 1. The Morgan fingerprint density at radius 1 is 1.21 bits per heavy atom. The number of hydrogen-bond acceptors (Lipinski definition) is 2. The summed E-state index contributed by atoms with van der Waals surface area (Å²) < 4.78 is 2.66. The minimum Gasteiger partial charge on any atom is -0.383 e. The van der Waals surface area contributed by atoms with Crippen LogP contribution in [0.1, 0.15) is 11.1 Å². The van der Waals surface area contributed by atoms with Crippen molar-refractivity contribution in [2.75, 3.05) is 11.9 Å². The van der Waals surface area contributed by atoms with Crippen LogP contribution in [0.2, 0.25) is 0 Å². The van der Waals surface area contributed by atoms with Crippen molar-refractivity contribution in [2.24, 2.45) is 0 Å². The Balaban J connectivity index is 2.04. The van der Waals surface area contributed by atoms with Gasteiger partial charge in [-0.25, -0.2) is 0 Å². The Morgan fingerprint density at radius 2 is 1.95 bits per heavy atom. The number of pyridine rings is 1. The number of hydrogen-bond donors (Lipinski definition) is 1. The van der Waals surface area contributed by atoms with E-state index in [-0.39, 0.29) is 5.56 Å². The van der Waals surface area contributed by atoms with Gasteiger partial charge in [0.2, 0.25) is 0 Å². The summed E-state index contributed by atoms with van der Waals surface area (Å²) >= 11 is 3.42. The third-order valence-electron chi connectivity index (χ3n) is 3.04. The normalized spacial score (nSPS) is 10.5. The fourth-order valence-electron chi connectivity index (χ4n) is 1.99. The van der Waals surface area contributed by atoms with Crippen molar-refractivity contribution in [3.63, 3.8) is 0 Å². The summed E-state index contributed by atoms with van der Waals surface area (Å²) in [4.78, 5) is 11.9. The molecule has 0 spiro atoms. The molecular weight excluding hydrogens is 304 g/mol. The van der Waals surface area contributed by atoms with Gasteiger partial charge in [0, 0.05) is 35.0 Å². The molecule has 0 unspecified atom stereocenters. The number of benzene rings is 1. The third-order valence-corrected chi connectivity index (χ3v) is 3.48. The summed E-state index contributed by atoms with van der Waals surface area (Å²) in [6.45, 7) is 5.27. The lowest BCUT2D eigenvalue weighted by Crippen LogP contribution is -2.25. The van der Waals surface area contributed by atoms with Gasteiger partial charge in [-0.2, -0.15) is 0 Å². The number of nitrogens with one attached hydrogen (secondary N) is 1. The topological polar surface area (TPSA) is 34.0 Å². The maximum absolute atomic E-state index is 11.9. The van der Waals surface area contributed by atoms with E-state index >= 15 is 0 Å². The van der Waals surface area contributed by atoms with Crippen molar-refractivity contribution < 1.29 is 0 Å². The van der Waals surface area contributed by atoms with Gasteiger partial charge in [-0.05, 0) is 47.5 Å². The predicted octanol–water partition coefficient (Wildman–Crippen LogP) is 3.34. The van der Waals surface area contributed by atoms with E-state index in [1.165, 1.54) is 5.56 Å². The Morgan fingerprint density at radius 3 is 2.68 bits per heavy atom. The van der Waals surface area contributed by atoms with Crippen LogP contribution in [-0.2, 0) is 6.54 Å². The van der Waals surface area contributed by atoms with Crippen LogP contribution in [0.4, 0.5) is 5.69 Å². The van der Waals surface area contributed by atoms with E-state index in [9.17, 15) is 4.79 Å². The molecule has 0 aliphatic rings. The highest BCUT2D eigenvalue weighted by molar-refractivity contribution is 9.10. The summed E-state index contributed by atoms with van der Waals surface area (Å²) in [5, 5.41) is 3.35. The first-order valence-electron chi connectivity index (χ1n) is 6.24. The molecule has 0 bridgehead atoms. The number of rotatable bonds is 4. The van der Waals surface area contributed by atoms with Crippen LogP contribution in [0.5, 0.6) is 0 Å². The second-order valence-corrected chi connectivity index (χ2v) is 5.50. The molecule has 0 aliphatic carbocycles. The SMILES string of the molecule is Cc1ccccc1NCCn1cc(Br)cc(C)c1=O. The van der Waals surface area contributed by atoms with Gasteiger partial charge in [0.25, 0.3) is 5.56 Å². The molecule has 0 atom stereocenters. The van der Waals surface area contributed by atoms with Gasteiger partial charge in [-0.15, -0.1) is 0 Å². The number of para-hydroxylation sites is 1. The zero-order chi connectivity index (χ0) is 13.8. The minimum atomic E-state index is 0.0646. The van der Waals surface area contributed by atoms with E-state index in [2.05, 4.69) is 34.2 Å². The Kier molecular flexibility index (Phi) is 4.43. The molecular formula is C15H17BrN2O. The average Bonchev–Trinajstić information content (AvgIpc) is 2.37. The lowest BCUT2D eigenvalue weighted by molar-refractivity contribution is 0.690. The first-order chi connectivity index (χ1) is 9.08. The summed E-state index contributed by atoms with van der Waals surface area (Å²) in [5.41, 5.74) is 3.14. The van der Waals surface area contributed by atoms with Crippen molar-refractivity contribution in [1.82, 2.24) is 4.57 Å². The van der Waals surface area contributed by atoms with Crippen LogP contribution in [-0.4, -0.2) is 11.1 Å². The Hall–Kier alpha value is -1.55. The maximum Gasteiger partial charge on any atom is 0.253 e. The summed E-state index contributed by atoms with van der Waals surface area (Å²) in [6.07, 6.45) is 1.83. The van der Waals surface area contributed by atoms with Gasteiger partial charge in [0.15, 0.2) is 0 Å². The largest absolute Gasteiger partial charge is 0.383 e. The van der Waals surface area contributed by atoms with Crippen molar-refractivity contribution in [3.05, 3.63) is 62.5 Å². The van der Waals surface area contributed by atoms with E-state index in [0.717, 1.165) is 22.3 Å². The van der Waals surface area contributed by atoms with E-state index in [0.29, 0.717) is 6.54 Å². The van der Waals surface area contributed by atoms with Crippen LogP contribution >= 0.6 is 15.9 Å². The van der Waals surface area contributed by atoms with E-state index in [4.69, 9.17) is 0 Å². The van der Waals surface area contributed by atoms with Crippen LogP contribution in [0.25, 0.3) is 0 Å². The zero-order valence-electron chi connectivity index (χ0n) is 11.1. The molecule has 0 saturated carbocycles.